The summed E-state index contributed by atoms with van der Waals surface area (Å²) in [6.45, 7) is 6.11. The molecule has 0 saturated carbocycles. The lowest BCUT2D eigenvalue weighted by Crippen LogP contribution is -2.38. The van der Waals surface area contributed by atoms with Gasteiger partial charge in [-0.15, -0.1) is 0 Å². The molecule has 0 radical (unpaired) electrons. The summed E-state index contributed by atoms with van der Waals surface area (Å²) in [5, 5.41) is 2.55. The maximum absolute atomic E-state index is 11.7. The number of nitrogens with two attached hydrogens (primary N) is 1. The van der Waals surface area contributed by atoms with Gasteiger partial charge in [-0.1, -0.05) is 46.5 Å². The van der Waals surface area contributed by atoms with Gasteiger partial charge in [0.1, 0.15) is 0 Å². The van der Waals surface area contributed by atoms with E-state index < -0.39 is 5.91 Å². The number of carbonyl (C=O) groups is 2. The van der Waals surface area contributed by atoms with Crippen molar-refractivity contribution in [3.63, 3.8) is 0 Å². The summed E-state index contributed by atoms with van der Waals surface area (Å²) in [6.07, 6.45) is 5.95. The number of nitrogens with one attached hydrogen (secondary N) is 1. The number of unbranched alkanes of at least 4 members (excludes halogenated alkanes) is 3. The lowest BCUT2D eigenvalue weighted by atomic mass is 9.90. The molecule has 2 amide bonds. The fraction of sp³-hybridized carbons (Fsp3) is 0.846. The van der Waals surface area contributed by atoms with Crippen LogP contribution in [0.5, 0.6) is 0 Å². The van der Waals surface area contributed by atoms with Crippen LogP contribution in [0.15, 0.2) is 0 Å². The zero-order chi connectivity index (χ0) is 13.3. The largest absolute Gasteiger partial charge is 0.368 e. The SMILES string of the molecule is CCCCCCC(C)[C@H](C)C(=O)NCC(N)=O. The van der Waals surface area contributed by atoms with E-state index in [2.05, 4.69) is 19.2 Å². The van der Waals surface area contributed by atoms with Crippen LogP contribution in [0.25, 0.3) is 0 Å². The van der Waals surface area contributed by atoms with Gasteiger partial charge in [0.2, 0.25) is 11.8 Å². The number of primary amides is 1. The first kappa shape index (κ1) is 15.9. The number of carbonyl (C=O) groups excluding carboxylic acids is 2. The van der Waals surface area contributed by atoms with Crippen molar-refractivity contribution in [3.05, 3.63) is 0 Å². The zero-order valence-electron chi connectivity index (χ0n) is 11.3. The highest BCUT2D eigenvalue weighted by Crippen LogP contribution is 2.18. The molecule has 0 aliphatic heterocycles. The van der Waals surface area contributed by atoms with Gasteiger partial charge in [-0.2, -0.15) is 0 Å². The van der Waals surface area contributed by atoms with E-state index in [0.717, 1.165) is 6.42 Å². The molecule has 0 bridgehead atoms. The van der Waals surface area contributed by atoms with Gasteiger partial charge in [-0.3, -0.25) is 9.59 Å². The Labute approximate surface area is 104 Å². The first-order valence-corrected chi connectivity index (χ1v) is 6.55. The van der Waals surface area contributed by atoms with Crippen molar-refractivity contribution in [2.75, 3.05) is 6.54 Å². The zero-order valence-corrected chi connectivity index (χ0v) is 11.3. The molecule has 0 aromatic carbocycles. The van der Waals surface area contributed by atoms with E-state index in [4.69, 9.17) is 5.73 Å². The number of hydrogen-bond donors (Lipinski definition) is 2. The lowest BCUT2D eigenvalue weighted by molar-refractivity contribution is -0.128. The highest BCUT2D eigenvalue weighted by Gasteiger charge is 2.19. The third-order valence-electron chi connectivity index (χ3n) is 3.22. The van der Waals surface area contributed by atoms with Crippen molar-refractivity contribution in [3.8, 4) is 0 Å². The third-order valence-corrected chi connectivity index (χ3v) is 3.22. The van der Waals surface area contributed by atoms with E-state index in [1.165, 1.54) is 25.7 Å². The van der Waals surface area contributed by atoms with E-state index in [0.29, 0.717) is 5.92 Å². The molecule has 0 rings (SSSR count). The van der Waals surface area contributed by atoms with Gasteiger partial charge >= 0.3 is 0 Å². The van der Waals surface area contributed by atoms with Crippen molar-refractivity contribution in [2.24, 2.45) is 17.6 Å². The summed E-state index contributed by atoms with van der Waals surface area (Å²) in [4.78, 5) is 22.2. The second-order valence-corrected chi connectivity index (χ2v) is 4.80. The molecule has 2 atom stereocenters. The molecule has 4 heteroatoms. The minimum absolute atomic E-state index is 0.0593. The first-order valence-electron chi connectivity index (χ1n) is 6.55. The second kappa shape index (κ2) is 9.02. The molecule has 0 spiro atoms. The first-order chi connectivity index (χ1) is 7.99. The Morgan fingerprint density at radius 2 is 1.82 bits per heavy atom. The van der Waals surface area contributed by atoms with E-state index >= 15 is 0 Å². The molecule has 100 valence electrons. The highest BCUT2D eigenvalue weighted by atomic mass is 16.2. The van der Waals surface area contributed by atoms with Gasteiger partial charge in [0.25, 0.3) is 0 Å². The molecule has 0 heterocycles. The van der Waals surface area contributed by atoms with Crippen LogP contribution in [0.2, 0.25) is 0 Å². The van der Waals surface area contributed by atoms with Crippen molar-refractivity contribution >= 4 is 11.8 Å². The number of rotatable bonds is 9. The predicted molar refractivity (Wildman–Crippen MR) is 69.3 cm³/mol. The Balaban J connectivity index is 3.81. The van der Waals surface area contributed by atoms with Gasteiger partial charge in [0.05, 0.1) is 6.54 Å². The van der Waals surface area contributed by atoms with E-state index in [1.807, 2.05) is 6.92 Å². The molecule has 0 aliphatic carbocycles. The second-order valence-electron chi connectivity index (χ2n) is 4.80. The molecule has 0 aromatic heterocycles. The van der Waals surface area contributed by atoms with Crippen LogP contribution in [-0.4, -0.2) is 18.4 Å². The van der Waals surface area contributed by atoms with Crippen LogP contribution in [0.4, 0.5) is 0 Å². The number of amides is 2. The minimum atomic E-state index is -0.499. The van der Waals surface area contributed by atoms with Crippen LogP contribution in [-0.2, 0) is 9.59 Å². The predicted octanol–water partition coefficient (Wildman–Crippen LogP) is 1.83. The van der Waals surface area contributed by atoms with E-state index in [-0.39, 0.29) is 18.4 Å². The Hall–Kier alpha value is -1.06. The molecule has 1 unspecified atom stereocenters. The molecule has 0 saturated heterocycles. The topological polar surface area (TPSA) is 72.2 Å². The quantitative estimate of drug-likeness (QED) is 0.605. The molecule has 4 nitrogen and oxygen atoms in total. The van der Waals surface area contributed by atoms with E-state index in [9.17, 15) is 9.59 Å². The average molecular weight is 242 g/mol. The Bertz CT molecular complexity index is 242. The number of hydrogen-bond acceptors (Lipinski definition) is 2. The standard InChI is InChI=1S/C13H26N2O2/c1-4-5-6-7-8-10(2)11(3)13(17)15-9-12(14)16/h10-11H,4-9H2,1-3H3,(H2,14,16)(H,15,17)/t10?,11-/m0/s1. The highest BCUT2D eigenvalue weighted by molar-refractivity contribution is 5.84. The van der Waals surface area contributed by atoms with Gasteiger partial charge in [-0.25, -0.2) is 0 Å². The average Bonchev–Trinajstić information content (AvgIpc) is 2.30. The maximum Gasteiger partial charge on any atom is 0.236 e. The van der Waals surface area contributed by atoms with Crippen LogP contribution < -0.4 is 11.1 Å². The van der Waals surface area contributed by atoms with E-state index in [1.54, 1.807) is 0 Å². The van der Waals surface area contributed by atoms with Gasteiger partial charge in [-0.05, 0) is 12.3 Å². The minimum Gasteiger partial charge on any atom is -0.368 e. The van der Waals surface area contributed by atoms with Crippen molar-refractivity contribution < 1.29 is 9.59 Å². The summed E-state index contributed by atoms with van der Waals surface area (Å²) in [6, 6.07) is 0. The summed E-state index contributed by atoms with van der Waals surface area (Å²) in [5.41, 5.74) is 4.98. The molecule has 0 aliphatic rings. The fourth-order valence-electron chi connectivity index (χ4n) is 1.74. The smallest absolute Gasteiger partial charge is 0.236 e. The summed E-state index contributed by atoms with van der Waals surface area (Å²) >= 11 is 0. The summed E-state index contributed by atoms with van der Waals surface area (Å²) in [5.74, 6) is -0.288. The van der Waals surface area contributed by atoms with Crippen LogP contribution in [0.3, 0.4) is 0 Å². The van der Waals surface area contributed by atoms with Gasteiger partial charge in [0, 0.05) is 5.92 Å². The van der Waals surface area contributed by atoms with Crippen molar-refractivity contribution in [1.29, 1.82) is 0 Å². The summed E-state index contributed by atoms with van der Waals surface area (Å²) < 4.78 is 0. The Kier molecular flexibility index (Phi) is 8.46. The Morgan fingerprint density at radius 1 is 1.18 bits per heavy atom. The van der Waals surface area contributed by atoms with Gasteiger partial charge < -0.3 is 11.1 Å². The third kappa shape index (κ3) is 7.77. The summed E-state index contributed by atoms with van der Waals surface area (Å²) in [7, 11) is 0. The molecule has 3 N–H and O–H groups in total. The molecule has 0 aromatic rings. The van der Waals surface area contributed by atoms with Crippen LogP contribution in [0.1, 0.15) is 52.9 Å². The Morgan fingerprint density at radius 3 is 2.35 bits per heavy atom. The molecule has 0 fully saturated rings. The maximum atomic E-state index is 11.7. The fourth-order valence-corrected chi connectivity index (χ4v) is 1.74. The van der Waals surface area contributed by atoms with Crippen LogP contribution >= 0.6 is 0 Å². The normalized spacial score (nSPS) is 14.1. The lowest BCUT2D eigenvalue weighted by Gasteiger charge is -2.18. The van der Waals surface area contributed by atoms with Crippen molar-refractivity contribution in [2.45, 2.75) is 52.9 Å². The van der Waals surface area contributed by atoms with Crippen molar-refractivity contribution in [1.82, 2.24) is 5.32 Å². The molecule has 17 heavy (non-hydrogen) atoms. The monoisotopic (exact) mass is 242 g/mol. The molecular weight excluding hydrogens is 216 g/mol. The van der Waals surface area contributed by atoms with Crippen LogP contribution in [0, 0.1) is 11.8 Å². The molecular formula is C13H26N2O2. The van der Waals surface area contributed by atoms with Gasteiger partial charge in [0.15, 0.2) is 0 Å².